The number of hydrogen-bond donors (Lipinski definition) is 3. The SMILES string of the molecule is NC(C(=O)O)c1csc(Nc2ccc(Br)cc2Cl)n1. The van der Waals surface area contributed by atoms with Crippen LogP contribution in [0.1, 0.15) is 11.7 Å². The van der Waals surface area contributed by atoms with E-state index in [0.717, 1.165) is 4.47 Å². The molecule has 1 unspecified atom stereocenters. The van der Waals surface area contributed by atoms with Gasteiger partial charge in [-0.1, -0.05) is 27.5 Å². The maximum absolute atomic E-state index is 10.8. The molecule has 5 nitrogen and oxygen atoms in total. The summed E-state index contributed by atoms with van der Waals surface area (Å²) in [5, 5.41) is 14.5. The van der Waals surface area contributed by atoms with Crippen LogP contribution < -0.4 is 11.1 Å². The van der Waals surface area contributed by atoms with Crippen LogP contribution >= 0.6 is 38.9 Å². The van der Waals surface area contributed by atoms with E-state index < -0.39 is 12.0 Å². The second-order valence-electron chi connectivity index (χ2n) is 3.64. The van der Waals surface area contributed by atoms with E-state index in [1.165, 1.54) is 11.3 Å². The van der Waals surface area contributed by atoms with E-state index in [1.54, 1.807) is 17.5 Å². The highest BCUT2D eigenvalue weighted by molar-refractivity contribution is 9.10. The van der Waals surface area contributed by atoms with Gasteiger partial charge < -0.3 is 16.2 Å². The Labute approximate surface area is 126 Å². The van der Waals surface area contributed by atoms with Gasteiger partial charge in [-0.15, -0.1) is 11.3 Å². The fourth-order valence-corrected chi connectivity index (χ4v) is 2.80. The highest BCUT2D eigenvalue weighted by atomic mass is 79.9. The maximum Gasteiger partial charge on any atom is 0.326 e. The van der Waals surface area contributed by atoms with Gasteiger partial charge in [0.15, 0.2) is 5.13 Å². The third-order valence-corrected chi connectivity index (χ3v) is 3.86. The molecule has 0 aliphatic rings. The van der Waals surface area contributed by atoms with Crippen molar-refractivity contribution in [3.8, 4) is 0 Å². The Balaban J connectivity index is 2.18. The number of carboxylic acids is 1. The molecule has 0 aliphatic heterocycles. The zero-order valence-electron chi connectivity index (χ0n) is 9.43. The van der Waals surface area contributed by atoms with Crippen molar-refractivity contribution in [3.63, 3.8) is 0 Å². The third kappa shape index (κ3) is 3.44. The minimum atomic E-state index is -1.12. The Morgan fingerprint density at radius 2 is 2.32 bits per heavy atom. The summed E-state index contributed by atoms with van der Waals surface area (Å²) in [7, 11) is 0. The molecule has 8 heteroatoms. The molecule has 1 atom stereocenters. The molecule has 0 radical (unpaired) electrons. The fraction of sp³-hybridized carbons (Fsp3) is 0.0909. The van der Waals surface area contributed by atoms with E-state index in [4.69, 9.17) is 22.4 Å². The fourth-order valence-electron chi connectivity index (χ4n) is 1.32. The van der Waals surface area contributed by atoms with Crippen LogP contribution in [0, 0.1) is 0 Å². The normalized spacial score (nSPS) is 12.2. The molecule has 1 aromatic heterocycles. The molecule has 0 saturated carbocycles. The monoisotopic (exact) mass is 361 g/mol. The lowest BCUT2D eigenvalue weighted by Crippen LogP contribution is -2.20. The van der Waals surface area contributed by atoms with Gasteiger partial charge in [-0.2, -0.15) is 0 Å². The van der Waals surface area contributed by atoms with Crippen molar-refractivity contribution in [1.82, 2.24) is 4.98 Å². The topological polar surface area (TPSA) is 88.2 Å². The largest absolute Gasteiger partial charge is 0.480 e. The summed E-state index contributed by atoms with van der Waals surface area (Å²) in [6.45, 7) is 0. The second kappa shape index (κ2) is 5.87. The van der Waals surface area contributed by atoms with Crippen molar-refractivity contribution in [2.45, 2.75) is 6.04 Å². The summed E-state index contributed by atoms with van der Waals surface area (Å²) in [5.74, 6) is -1.11. The smallest absolute Gasteiger partial charge is 0.326 e. The Hall–Kier alpha value is -1.15. The third-order valence-electron chi connectivity index (χ3n) is 2.28. The summed E-state index contributed by atoms with van der Waals surface area (Å²) in [6, 6.07) is 4.27. The van der Waals surface area contributed by atoms with E-state index in [2.05, 4.69) is 26.2 Å². The molecule has 0 amide bonds. The molecule has 0 saturated heterocycles. The quantitative estimate of drug-likeness (QED) is 0.776. The minimum Gasteiger partial charge on any atom is -0.480 e. The minimum absolute atomic E-state index is 0.313. The second-order valence-corrected chi connectivity index (χ2v) is 5.82. The van der Waals surface area contributed by atoms with Crippen LogP contribution in [0.5, 0.6) is 0 Å². The molecule has 0 bridgehead atoms. The van der Waals surface area contributed by atoms with Gasteiger partial charge in [0.05, 0.1) is 16.4 Å². The van der Waals surface area contributed by atoms with Crippen molar-refractivity contribution in [2.24, 2.45) is 5.73 Å². The van der Waals surface area contributed by atoms with E-state index in [9.17, 15) is 4.79 Å². The number of aliphatic carboxylic acids is 1. The standard InChI is InChI=1S/C11H9BrClN3O2S/c12-5-1-2-7(6(13)3-5)15-11-16-8(4-19-11)9(14)10(17)18/h1-4,9H,14H2,(H,15,16)(H,17,18). The van der Waals surface area contributed by atoms with Crippen LogP contribution in [0.3, 0.4) is 0 Å². The van der Waals surface area contributed by atoms with Gasteiger partial charge in [0, 0.05) is 9.85 Å². The number of carbonyl (C=O) groups is 1. The number of carboxylic acid groups (broad SMARTS) is 1. The Morgan fingerprint density at radius 1 is 1.58 bits per heavy atom. The number of nitrogens with one attached hydrogen (secondary N) is 1. The molecule has 0 spiro atoms. The van der Waals surface area contributed by atoms with Crippen LogP contribution in [-0.2, 0) is 4.79 Å². The first-order valence-corrected chi connectivity index (χ1v) is 7.18. The molecule has 2 rings (SSSR count). The number of anilines is 2. The average Bonchev–Trinajstić information content (AvgIpc) is 2.80. The van der Waals surface area contributed by atoms with Crippen molar-refractivity contribution in [3.05, 3.63) is 38.8 Å². The molecule has 0 aliphatic carbocycles. The van der Waals surface area contributed by atoms with Gasteiger partial charge in [0.25, 0.3) is 0 Å². The number of hydrogen-bond acceptors (Lipinski definition) is 5. The van der Waals surface area contributed by atoms with E-state index in [-0.39, 0.29) is 0 Å². The van der Waals surface area contributed by atoms with Crippen molar-refractivity contribution < 1.29 is 9.90 Å². The number of benzene rings is 1. The van der Waals surface area contributed by atoms with Gasteiger partial charge in [-0.3, -0.25) is 4.79 Å². The van der Waals surface area contributed by atoms with Crippen molar-refractivity contribution in [1.29, 1.82) is 0 Å². The first kappa shape index (κ1) is 14.3. The summed E-state index contributed by atoms with van der Waals surface area (Å²) >= 11 is 10.6. The van der Waals surface area contributed by atoms with Gasteiger partial charge in [-0.05, 0) is 18.2 Å². The van der Waals surface area contributed by atoms with Crippen LogP contribution in [0.25, 0.3) is 0 Å². The highest BCUT2D eigenvalue weighted by Gasteiger charge is 2.17. The number of nitrogens with two attached hydrogens (primary N) is 1. The van der Waals surface area contributed by atoms with Gasteiger partial charge in [-0.25, -0.2) is 4.98 Å². The Morgan fingerprint density at radius 3 is 2.95 bits per heavy atom. The average molecular weight is 363 g/mol. The van der Waals surface area contributed by atoms with Gasteiger partial charge in [0.1, 0.15) is 6.04 Å². The predicted molar refractivity (Wildman–Crippen MR) is 79.1 cm³/mol. The van der Waals surface area contributed by atoms with Crippen LogP contribution in [0.15, 0.2) is 28.1 Å². The summed E-state index contributed by atoms with van der Waals surface area (Å²) < 4.78 is 0.871. The van der Waals surface area contributed by atoms with Crippen LogP contribution in [-0.4, -0.2) is 16.1 Å². The molecule has 100 valence electrons. The first-order valence-electron chi connectivity index (χ1n) is 5.13. The highest BCUT2D eigenvalue weighted by Crippen LogP contribution is 2.30. The van der Waals surface area contributed by atoms with Crippen LogP contribution in [0.4, 0.5) is 10.8 Å². The number of aromatic nitrogens is 1. The predicted octanol–water partition coefficient (Wildman–Crippen LogP) is 3.39. The molecular formula is C11H9BrClN3O2S. The zero-order chi connectivity index (χ0) is 14.0. The number of halogens is 2. The first-order chi connectivity index (χ1) is 8.97. The lowest BCUT2D eigenvalue weighted by atomic mass is 10.2. The number of nitrogens with zero attached hydrogens (tertiary/aromatic N) is 1. The summed E-state index contributed by atoms with van der Waals surface area (Å²) in [5.41, 5.74) is 6.48. The lowest BCUT2D eigenvalue weighted by Gasteiger charge is -2.05. The molecule has 0 fully saturated rings. The van der Waals surface area contributed by atoms with E-state index in [0.29, 0.717) is 21.5 Å². The number of rotatable bonds is 4. The Bertz CT molecular complexity index is 620. The number of thiazole rings is 1. The van der Waals surface area contributed by atoms with Gasteiger partial charge in [0.2, 0.25) is 0 Å². The molecule has 1 aromatic carbocycles. The van der Waals surface area contributed by atoms with E-state index in [1.807, 2.05) is 6.07 Å². The maximum atomic E-state index is 10.8. The molecule has 4 N–H and O–H groups in total. The van der Waals surface area contributed by atoms with E-state index >= 15 is 0 Å². The van der Waals surface area contributed by atoms with Gasteiger partial charge >= 0.3 is 5.97 Å². The molecular weight excluding hydrogens is 354 g/mol. The zero-order valence-corrected chi connectivity index (χ0v) is 12.6. The lowest BCUT2D eigenvalue weighted by molar-refractivity contribution is -0.138. The summed E-state index contributed by atoms with van der Waals surface area (Å²) in [6.07, 6.45) is 0. The summed E-state index contributed by atoms with van der Waals surface area (Å²) in [4.78, 5) is 14.9. The molecule has 1 heterocycles. The molecule has 2 aromatic rings. The van der Waals surface area contributed by atoms with Crippen molar-refractivity contribution in [2.75, 3.05) is 5.32 Å². The Kier molecular flexibility index (Phi) is 4.41. The van der Waals surface area contributed by atoms with Crippen LogP contribution in [0.2, 0.25) is 5.02 Å². The molecule has 19 heavy (non-hydrogen) atoms. The van der Waals surface area contributed by atoms with Crippen molar-refractivity contribution >= 4 is 55.7 Å².